The quantitative estimate of drug-likeness (QED) is 0.671. The Hall–Kier alpha value is 0.310. The van der Waals surface area contributed by atoms with E-state index in [0.29, 0.717) is 0 Å². The van der Waals surface area contributed by atoms with Crippen molar-refractivity contribution < 1.29 is 5.11 Å². The van der Waals surface area contributed by atoms with Crippen LogP contribution in [0.2, 0.25) is 0 Å². The average Bonchev–Trinajstić information content (AvgIpc) is 1.87. The summed E-state index contributed by atoms with van der Waals surface area (Å²) in [7, 11) is 0. The first kappa shape index (κ1) is 11.3. The van der Waals surface area contributed by atoms with Gasteiger partial charge in [0.1, 0.15) is 0 Å². The maximum absolute atomic E-state index is 9.34. The summed E-state index contributed by atoms with van der Waals surface area (Å²) in [5.74, 6) is 1.66. The second-order valence-electron chi connectivity index (χ2n) is 3.43. The van der Waals surface area contributed by atoms with Crippen LogP contribution in [0.3, 0.4) is 0 Å². The maximum Gasteiger partial charge on any atom is 0.0630 e. The molecule has 2 heteroatoms. The molecule has 0 amide bonds. The van der Waals surface area contributed by atoms with Crippen molar-refractivity contribution in [3.63, 3.8) is 0 Å². The van der Waals surface area contributed by atoms with Crippen molar-refractivity contribution in [3.05, 3.63) is 0 Å². The van der Waals surface area contributed by atoms with Crippen LogP contribution in [0, 0.1) is 5.92 Å². The van der Waals surface area contributed by atoms with Gasteiger partial charge in [0.05, 0.1) is 6.10 Å². The topological polar surface area (TPSA) is 20.2 Å². The molecular weight excluding hydrogens is 156 g/mol. The Morgan fingerprint density at radius 2 is 1.91 bits per heavy atom. The van der Waals surface area contributed by atoms with E-state index in [1.165, 1.54) is 12.8 Å². The number of rotatable bonds is 6. The lowest BCUT2D eigenvalue weighted by atomic mass is 10.1. The molecule has 0 aliphatic rings. The van der Waals surface area contributed by atoms with Gasteiger partial charge in [-0.15, -0.1) is 0 Å². The van der Waals surface area contributed by atoms with Crippen LogP contribution in [0.25, 0.3) is 0 Å². The fourth-order valence-corrected chi connectivity index (χ4v) is 1.59. The van der Waals surface area contributed by atoms with Crippen LogP contribution < -0.4 is 0 Å². The zero-order valence-corrected chi connectivity index (χ0v) is 8.66. The standard InChI is InChI=1S/C9H20OS/c1-8(2)5-4-6-9(10)7-11-3/h8-10H,4-7H2,1-3H3. The van der Waals surface area contributed by atoms with Gasteiger partial charge in [-0.1, -0.05) is 26.7 Å². The van der Waals surface area contributed by atoms with E-state index in [4.69, 9.17) is 0 Å². The van der Waals surface area contributed by atoms with Gasteiger partial charge in [0.25, 0.3) is 0 Å². The Balaban J connectivity index is 3.10. The largest absolute Gasteiger partial charge is 0.392 e. The van der Waals surface area contributed by atoms with Crippen LogP contribution in [-0.2, 0) is 0 Å². The molecule has 0 aliphatic carbocycles. The molecule has 0 fully saturated rings. The minimum Gasteiger partial charge on any atom is -0.392 e. The normalized spacial score (nSPS) is 13.9. The summed E-state index contributed by atoms with van der Waals surface area (Å²) in [6.07, 6.45) is 5.33. The molecular formula is C9H20OS. The third-order valence-electron chi connectivity index (χ3n) is 1.68. The molecule has 0 saturated carbocycles. The second-order valence-corrected chi connectivity index (χ2v) is 4.34. The van der Waals surface area contributed by atoms with Crippen molar-refractivity contribution in [1.29, 1.82) is 0 Å². The molecule has 0 bridgehead atoms. The summed E-state index contributed by atoms with van der Waals surface area (Å²) in [4.78, 5) is 0. The van der Waals surface area contributed by atoms with Crippen molar-refractivity contribution in [1.82, 2.24) is 0 Å². The molecule has 0 heterocycles. The van der Waals surface area contributed by atoms with Crippen molar-refractivity contribution in [2.24, 2.45) is 5.92 Å². The Labute approximate surface area is 74.6 Å². The zero-order chi connectivity index (χ0) is 8.69. The monoisotopic (exact) mass is 176 g/mol. The van der Waals surface area contributed by atoms with Crippen LogP contribution >= 0.6 is 11.8 Å². The molecule has 0 aromatic rings. The molecule has 1 unspecified atom stereocenters. The molecule has 0 saturated heterocycles. The summed E-state index contributed by atoms with van der Waals surface area (Å²) in [6, 6.07) is 0. The van der Waals surface area contributed by atoms with E-state index < -0.39 is 0 Å². The smallest absolute Gasteiger partial charge is 0.0630 e. The van der Waals surface area contributed by atoms with Gasteiger partial charge in [-0.25, -0.2) is 0 Å². The Kier molecular flexibility index (Phi) is 7.18. The molecule has 1 nitrogen and oxygen atoms in total. The fraction of sp³-hybridized carbons (Fsp3) is 1.00. The van der Waals surface area contributed by atoms with Crippen molar-refractivity contribution >= 4 is 11.8 Å². The van der Waals surface area contributed by atoms with E-state index >= 15 is 0 Å². The van der Waals surface area contributed by atoms with Gasteiger partial charge in [0, 0.05) is 5.75 Å². The zero-order valence-electron chi connectivity index (χ0n) is 7.84. The number of hydrogen-bond donors (Lipinski definition) is 1. The highest BCUT2D eigenvalue weighted by atomic mass is 32.2. The van der Waals surface area contributed by atoms with Gasteiger partial charge >= 0.3 is 0 Å². The summed E-state index contributed by atoms with van der Waals surface area (Å²) in [6.45, 7) is 4.45. The van der Waals surface area contributed by atoms with Crippen LogP contribution in [0.5, 0.6) is 0 Å². The van der Waals surface area contributed by atoms with E-state index in [1.807, 2.05) is 6.26 Å². The second kappa shape index (κ2) is 6.99. The van der Waals surface area contributed by atoms with E-state index in [9.17, 15) is 5.11 Å². The lowest BCUT2D eigenvalue weighted by Gasteiger charge is -2.09. The molecule has 0 aromatic carbocycles. The predicted molar refractivity (Wildman–Crippen MR) is 53.1 cm³/mol. The van der Waals surface area contributed by atoms with Crippen LogP contribution in [0.15, 0.2) is 0 Å². The predicted octanol–water partition coefficient (Wildman–Crippen LogP) is 2.54. The number of thioether (sulfide) groups is 1. The SMILES string of the molecule is CSCC(O)CCCC(C)C. The van der Waals surface area contributed by atoms with Crippen LogP contribution in [0.4, 0.5) is 0 Å². The highest BCUT2D eigenvalue weighted by molar-refractivity contribution is 7.98. The van der Waals surface area contributed by atoms with E-state index in [-0.39, 0.29) is 6.10 Å². The minimum absolute atomic E-state index is 0.0799. The number of aliphatic hydroxyl groups excluding tert-OH is 1. The highest BCUT2D eigenvalue weighted by Crippen LogP contribution is 2.10. The lowest BCUT2D eigenvalue weighted by molar-refractivity contribution is 0.183. The van der Waals surface area contributed by atoms with E-state index in [1.54, 1.807) is 11.8 Å². The summed E-state index contributed by atoms with van der Waals surface area (Å²) in [5, 5.41) is 9.34. The van der Waals surface area contributed by atoms with Gasteiger partial charge in [-0.05, 0) is 18.6 Å². The molecule has 0 rings (SSSR count). The average molecular weight is 176 g/mol. The Bertz CT molecular complexity index is 83.6. The van der Waals surface area contributed by atoms with Gasteiger partial charge in [0.2, 0.25) is 0 Å². The molecule has 0 spiro atoms. The molecule has 1 atom stereocenters. The van der Waals surface area contributed by atoms with E-state index in [0.717, 1.165) is 18.1 Å². The van der Waals surface area contributed by atoms with Gasteiger partial charge in [-0.2, -0.15) is 11.8 Å². The highest BCUT2D eigenvalue weighted by Gasteiger charge is 2.02. The van der Waals surface area contributed by atoms with Crippen LogP contribution in [-0.4, -0.2) is 23.2 Å². The Morgan fingerprint density at radius 1 is 1.27 bits per heavy atom. The molecule has 0 aliphatic heterocycles. The van der Waals surface area contributed by atoms with Crippen molar-refractivity contribution in [2.45, 2.75) is 39.2 Å². The van der Waals surface area contributed by atoms with Gasteiger partial charge in [0.15, 0.2) is 0 Å². The summed E-state index contributed by atoms with van der Waals surface area (Å²) >= 11 is 1.72. The van der Waals surface area contributed by atoms with Gasteiger partial charge < -0.3 is 5.11 Å². The molecule has 1 N–H and O–H groups in total. The Morgan fingerprint density at radius 3 is 2.36 bits per heavy atom. The molecule has 0 radical (unpaired) electrons. The lowest BCUT2D eigenvalue weighted by Crippen LogP contribution is -2.09. The van der Waals surface area contributed by atoms with Crippen LogP contribution in [0.1, 0.15) is 33.1 Å². The molecule has 68 valence electrons. The minimum atomic E-state index is -0.0799. The van der Waals surface area contributed by atoms with Gasteiger partial charge in [-0.3, -0.25) is 0 Å². The molecule has 11 heavy (non-hydrogen) atoms. The third kappa shape index (κ3) is 8.21. The first-order valence-corrected chi connectivity index (χ1v) is 5.73. The van der Waals surface area contributed by atoms with E-state index in [2.05, 4.69) is 13.8 Å². The summed E-state index contributed by atoms with van der Waals surface area (Å²) < 4.78 is 0. The first-order chi connectivity index (χ1) is 5.16. The van der Waals surface area contributed by atoms with Crippen molar-refractivity contribution in [2.75, 3.05) is 12.0 Å². The molecule has 0 aromatic heterocycles. The summed E-state index contributed by atoms with van der Waals surface area (Å²) in [5.41, 5.74) is 0. The number of aliphatic hydroxyl groups is 1. The maximum atomic E-state index is 9.34. The number of hydrogen-bond acceptors (Lipinski definition) is 2. The third-order valence-corrected chi connectivity index (χ3v) is 2.40. The first-order valence-electron chi connectivity index (χ1n) is 4.33. The van der Waals surface area contributed by atoms with Crippen molar-refractivity contribution in [3.8, 4) is 0 Å². The fourth-order valence-electron chi connectivity index (χ4n) is 1.04.